The van der Waals surface area contributed by atoms with Gasteiger partial charge in [-0.2, -0.15) is 0 Å². The average molecular weight is 598 g/mol. The van der Waals surface area contributed by atoms with Gasteiger partial charge < -0.3 is 10.6 Å². The molecule has 0 spiro atoms. The van der Waals surface area contributed by atoms with Gasteiger partial charge in [0.2, 0.25) is 5.91 Å². The van der Waals surface area contributed by atoms with Gasteiger partial charge in [0, 0.05) is 37.3 Å². The first-order valence-corrected chi connectivity index (χ1v) is 12.3. The number of rotatable bonds is 5. The number of carbonyl (C=O) groups excluding carboxylic acids is 2. The van der Waals surface area contributed by atoms with Crippen LogP contribution in [0.2, 0.25) is 25.1 Å². The molecule has 2 unspecified atom stereocenters. The first kappa shape index (κ1) is 25.7. The van der Waals surface area contributed by atoms with Crippen molar-refractivity contribution in [3.05, 3.63) is 90.8 Å². The van der Waals surface area contributed by atoms with E-state index in [0.29, 0.717) is 31.3 Å². The molecule has 4 rings (SSSR count). The second kappa shape index (κ2) is 9.94. The Morgan fingerprint density at radius 2 is 1.29 bits per heavy atom. The molecule has 176 valence electrons. The molecule has 1 saturated carbocycles. The van der Waals surface area contributed by atoms with Gasteiger partial charge in [0.15, 0.2) is 0 Å². The van der Waals surface area contributed by atoms with Crippen LogP contribution in [-0.4, -0.2) is 16.1 Å². The standard InChI is InChI=1S/C23H13Cl7N2O2/c24-12-3-10(4-13(25)7-12)19-20(23(19,29)30)22(34)31-16-1-2-17(28)18(9-16)32-21(33)11-5-14(26)8-15(27)6-11/h1-9,19-20H,(H,31,34)(H,32,33). The largest absolute Gasteiger partial charge is 0.326 e. The molecule has 3 aromatic rings. The third-order valence-corrected chi connectivity index (χ3v) is 7.33. The number of amides is 2. The Bertz CT molecular complexity index is 1270. The molecule has 1 aliphatic rings. The Labute approximate surface area is 230 Å². The maximum absolute atomic E-state index is 13.0. The minimum Gasteiger partial charge on any atom is -0.326 e. The molecule has 4 nitrogen and oxygen atoms in total. The molecule has 0 aliphatic heterocycles. The first-order valence-electron chi connectivity index (χ1n) is 9.67. The van der Waals surface area contributed by atoms with Gasteiger partial charge in [-0.25, -0.2) is 0 Å². The Morgan fingerprint density at radius 3 is 1.88 bits per heavy atom. The first-order chi connectivity index (χ1) is 16.0. The maximum atomic E-state index is 13.0. The summed E-state index contributed by atoms with van der Waals surface area (Å²) < 4.78 is -1.33. The predicted molar refractivity (Wildman–Crippen MR) is 142 cm³/mol. The molecule has 1 fully saturated rings. The summed E-state index contributed by atoms with van der Waals surface area (Å²) in [7, 11) is 0. The zero-order valence-electron chi connectivity index (χ0n) is 16.8. The summed E-state index contributed by atoms with van der Waals surface area (Å²) in [6.45, 7) is 0. The van der Waals surface area contributed by atoms with Crippen molar-refractivity contribution < 1.29 is 9.59 Å². The smallest absolute Gasteiger partial charge is 0.255 e. The molecule has 3 aromatic carbocycles. The maximum Gasteiger partial charge on any atom is 0.255 e. The topological polar surface area (TPSA) is 58.2 Å². The summed E-state index contributed by atoms with van der Waals surface area (Å²) in [6, 6.07) is 14.0. The number of carbonyl (C=O) groups is 2. The summed E-state index contributed by atoms with van der Waals surface area (Å²) in [5, 5.41) is 7.17. The fourth-order valence-corrected chi connectivity index (χ4v) is 5.68. The number of nitrogens with one attached hydrogen (secondary N) is 2. The molecule has 0 saturated heterocycles. The molecule has 2 amide bonds. The summed E-state index contributed by atoms with van der Waals surface area (Å²) in [5.74, 6) is -2.12. The van der Waals surface area contributed by atoms with Gasteiger partial charge in [0.25, 0.3) is 5.91 Å². The Hall–Kier alpha value is -1.37. The summed E-state index contributed by atoms with van der Waals surface area (Å²) in [6.07, 6.45) is 0. The molecule has 0 bridgehead atoms. The van der Waals surface area contributed by atoms with Crippen LogP contribution in [0.4, 0.5) is 11.4 Å². The van der Waals surface area contributed by atoms with Gasteiger partial charge in [-0.05, 0) is 60.2 Å². The van der Waals surface area contributed by atoms with Gasteiger partial charge in [-0.3, -0.25) is 9.59 Å². The van der Waals surface area contributed by atoms with E-state index in [-0.39, 0.29) is 16.3 Å². The lowest BCUT2D eigenvalue weighted by Crippen LogP contribution is -2.17. The zero-order valence-corrected chi connectivity index (χ0v) is 22.1. The van der Waals surface area contributed by atoms with E-state index in [1.54, 1.807) is 24.3 Å². The molecule has 2 N–H and O–H groups in total. The molecule has 34 heavy (non-hydrogen) atoms. The third-order valence-electron chi connectivity index (χ3n) is 5.19. The monoisotopic (exact) mass is 594 g/mol. The molecular formula is C23H13Cl7N2O2. The minimum absolute atomic E-state index is 0.248. The van der Waals surface area contributed by atoms with Gasteiger partial charge >= 0.3 is 0 Å². The highest BCUT2D eigenvalue weighted by Gasteiger charge is 2.67. The lowest BCUT2D eigenvalue weighted by atomic mass is 10.1. The van der Waals surface area contributed by atoms with Crippen molar-refractivity contribution in [2.45, 2.75) is 10.3 Å². The third kappa shape index (κ3) is 5.55. The van der Waals surface area contributed by atoms with Crippen LogP contribution in [0.15, 0.2) is 54.6 Å². The van der Waals surface area contributed by atoms with Crippen LogP contribution in [0.25, 0.3) is 0 Å². The SMILES string of the molecule is O=C(Nc1cc(NC(=O)C2C(c3cc(Cl)cc(Cl)c3)C2(Cl)Cl)ccc1Cl)c1cc(Cl)cc(Cl)c1. The van der Waals surface area contributed by atoms with Gasteiger partial charge in [0.05, 0.1) is 16.6 Å². The van der Waals surface area contributed by atoms with Crippen molar-refractivity contribution >= 4 is 104 Å². The Morgan fingerprint density at radius 1 is 0.735 bits per heavy atom. The zero-order chi connectivity index (χ0) is 24.8. The summed E-state index contributed by atoms with van der Waals surface area (Å²) >= 11 is 43.1. The number of anilines is 2. The van der Waals surface area contributed by atoms with E-state index in [1.807, 2.05) is 0 Å². The lowest BCUT2D eigenvalue weighted by molar-refractivity contribution is -0.117. The highest BCUT2D eigenvalue weighted by atomic mass is 35.5. The number of hydrogen-bond acceptors (Lipinski definition) is 2. The normalized spacial score (nSPS) is 18.3. The Kier molecular flexibility index (Phi) is 7.52. The summed E-state index contributed by atoms with van der Waals surface area (Å²) in [4.78, 5) is 25.6. The van der Waals surface area contributed by atoms with Crippen molar-refractivity contribution in [2.24, 2.45) is 5.92 Å². The fraction of sp³-hybridized carbons (Fsp3) is 0.130. The van der Waals surface area contributed by atoms with E-state index in [0.717, 1.165) is 0 Å². The minimum atomic E-state index is -1.33. The highest BCUT2D eigenvalue weighted by molar-refractivity contribution is 6.53. The molecular weight excluding hydrogens is 584 g/mol. The fourth-order valence-electron chi connectivity index (χ4n) is 3.62. The van der Waals surface area contributed by atoms with Crippen molar-refractivity contribution in [1.82, 2.24) is 0 Å². The number of halogens is 7. The van der Waals surface area contributed by atoms with E-state index >= 15 is 0 Å². The van der Waals surface area contributed by atoms with E-state index in [9.17, 15) is 9.59 Å². The van der Waals surface area contributed by atoms with E-state index in [2.05, 4.69) is 10.6 Å². The quantitative estimate of drug-likeness (QED) is 0.289. The van der Waals surface area contributed by atoms with Crippen LogP contribution < -0.4 is 10.6 Å². The molecule has 1 aliphatic carbocycles. The van der Waals surface area contributed by atoms with Gasteiger partial charge in [-0.1, -0.05) is 58.0 Å². The summed E-state index contributed by atoms with van der Waals surface area (Å²) in [5.41, 5.74) is 1.57. The van der Waals surface area contributed by atoms with Crippen LogP contribution in [0.3, 0.4) is 0 Å². The van der Waals surface area contributed by atoms with Crippen LogP contribution in [0.1, 0.15) is 21.8 Å². The lowest BCUT2D eigenvalue weighted by Gasteiger charge is -2.11. The van der Waals surface area contributed by atoms with Crippen molar-refractivity contribution in [3.8, 4) is 0 Å². The van der Waals surface area contributed by atoms with E-state index in [4.69, 9.17) is 81.2 Å². The van der Waals surface area contributed by atoms with Crippen molar-refractivity contribution in [2.75, 3.05) is 10.6 Å². The molecule has 0 aromatic heterocycles. The van der Waals surface area contributed by atoms with Gasteiger partial charge in [0.1, 0.15) is 4.33 Å². The number of alkyl halides is 2. The van der Waals surface area contributed by atoms with E-state index in [1.165, 1.54) is 30.3 Å². The molecule has 0 heterocycles. The van der Waals surface area contributed by atoms with Crippen LogP contribution >= 0.6 is 81.2 Å². The second-order valence-electron chi connectivity index (χ2n) is 7.63. The van der Waals surface area contributed by atoms with Gasteiger partial charge in [-0.15, -0.1) is 23.2 Å². The Balaban J connectivity index is 1.51. The number of benzene rings is 3. The molecule has 0 radical (unpaired) electrons. The second-order valence-corrected chi connectivity index (χ2v) is 11.2. The van der Waals surface area contributed by atoms with Crippen LogP contribution in [0.5, 0.6) is 0 Å². The predicted octanol–water partition coefficient (Wildman–Crippen LogP) is 8.73. The van der Waals surface area contributed by atoms with Crippen molar-refractivity contribution in [1.29, 1.82) is 0 Å². The van der Waals surface area contributed by atoms with Crippen LogP contribution in [-0.2, 0) is 4.79 Å². The van der Waals surface area contributed by atoms with Crippen LogP contribution in [0, 0.1) is 5.92 Å². The highest BCUT2D eigenvalue weighted by Crippen LogP contribution is 2.65. The van der Waals surface area contributed by atoms with E-state index < -0.39 is 28.0 Å². The average Bonchev–Trinajstić information content (AvgIpc) is 3.31. The van der Waals surface area contributed by atoms with Crippen molar-refractivity contribution in [3.63, 3.8) is 0 Å². The molecule has 2 atom stereocenters. The molecule has 11 heteroatoms. The number of hydrogen-bond donors (Lipinski definition) is 2.